The number of hydrogen-bond acceptors (Lipinski definition) is 3. The molecule has 16 heavy (non-hydrogen) atoms. The maximum atomic E-state index is 5.07. The van der Waals surface area contributed by atoms with Crippen molar-refractivity contribution in [2.45, 2.75) is 31.7 Å². The highest BCUT2D eigenvalue weighted by Gasteiger charge is 2.21. The van der Waals surface area contributed by atoms with E-state index in [2.05, 4.69) is 34.0 Å². The molecular formula is C12H18INOS. The Morgan fingerprint density at radius 3 is 3.31 bits per heavy atom. The van der Waals surface area contributed by atoms with Gasteiger partial charge in [0.15, 0.2) is 0 Å². The van der Waals surface area contributed by atoms with Crippen LogP contribution >= 0.6 is 33.9 Å². The molecule has 0 aromatic carbocycles. The molecule has 0 bridgehead atoms. The van der Waals surface area contributed by atoms with E-state index in [1.807, 2.05) is 11.3 Å². The molecular weight excluding hydrogens is 333 g/mol. The van der Waals surface area contributed by atoms with Crippen LogP contribution < -0.4 is 5.32 Å². The van der Waals surface area contributed by atoms with E-state index in [0.717, 1.165) is 19.6 Å². The fourth-order valence-electron chi connectivity index (χ4n) is 2.23. The minimum Gasteiger partial charge on any atom is -0.385 e. The summed E-state index contributed by atoms with van der Waals surface area (Å²) < 4.78 is 6.49. The van der Waals surface area contributed by atoms with E-state index in [4.69, 9.17) is 4.74 Å². The molecule has 0 amide bonds. The van der Waals surface area contributed by atoms with E-state index in [-0.39, 0.29) is 0 Å². The van der Waals surface area contributed by atoms with E-state index in [9.17, 15) is 0 Å². The first-order valence-corrected chi connectivity index (χ1v) is 7.71. The molecule has 1 aromatic rings. The second-order valence-electron chi connectivity index (χ2n) is 4.17. The average molecular weight is 351 g/mol. The van der Waals surface area contributed by atoms with Gasteiger partial charge in [-0.2, -0.15) is 0 Å². The van der Waals surface area contributed by atoms with Crippen molar-refractivity contribution in [3.05, 3.63) is 19.4 Å². The maximum Gasteiger partial charge on any atom is 0.0659 e. The molecule has 4 heteroatoms. The van der Waals surface area contributed by atoms with Crippen molar-refractivity contribution in [2.75, 3.05) is 20.3 Å². The van der Waals surface area contributed by atoms with Crippen LogP contribution in [0, 0.1) is 2.88 Å². The van der Waals surface area contributed by atoms with Crippen LogP contribution in [0.4, 0.5) is 0 Å². The first-order chi connectivity index (χ1) is 7.81. The summed E-state index contributed by atoms with van der Waals surface area (Å²) in [5, 5.41) is 3.65. The van der Waals surface area contributed by atoms with Crippen LogP contribution in [0.2, 0.25) is 0 Å². The predicted octanol–water partition coefficient (Wildman–Crippen LogP) is 3.36. The number of rotatable bonds is 5. The molecule has 0 aliphatic heterocycles. The number of methoxy groups -OCH3 is 1. The molecule has 0 spiro atoms. The van der Waals surface area contributed by atoms with Gasteiger partial charge in [0, 0.05) is 24.6 Å². The highest BCUT2D eigenvalue weighted by Crippen LogP contribution is 2.36. The van der Waals surface area contributed by atoms with Crippen LogP contribution in [0.1, 0.15) is 35.7 Å². The monoisotopic (exact) mass is 351 g/mol. The largest absolute Gasteiger partial charge is 0.385 e. The maximum absolute atomic E-state index is 5.07. The lowest BCUT2D eigenvalue weighted by molar-refractivity contribution is 0.192. The van der Waals surface area contributed by atoms with Gasteiger partial charge < -0.3 is 10.1 Å². The van der Waals surface area contributed by atoms with E-state index in [1.54, 1.807) is 17.6 Å². The lowest BCUT2D eigenvalue weighted by atomic mass is 9.94. The molecule has 1 heterocycles. The number of aryl methyl sites for hydroxylation is 1. The third-order valence-corrected chi connectivity index (χ3v) is 4.97. The quantitative estimate of drug-likeness (QED) is 0.649. The lowest BCUT2D eigenvalue weighted by Crippen LogP contribution is -2.25. The predicted molar refractivity (Wildman–Crippen MR) is 77.2 cm³/mol. The highest BCUT2D eigenvalue weighted by molar-refractivity contribution is 14.1. The molecule has 2 nitrogen and oxygen atoms in total. The van der Waals surface area contributed by atoms with Gasteiger partial charge in [-0.15, -0.1) is 11.3 Å². The summed E-state index contributed by atoms with van der Waals surface area (Å²) in [6.07, 6.45) is 4.99. The average Bonchev–Trinajstić information content (AvgIpc) is 2.65. The van der Waals surface area contributed by atoms with Crippen LogP contribution in [0.25, 0.3) is 0 Å². The third kappa shape index (κ3) is 3.18. The van der Waals surface area contributed by atoms with Gasteiger partial charge >= 0.3 is 0 Å². The minimum atomic E-state index is 0.584. The molecule has 1 aliphatic rings. The molecule has 1 N–H and O–H groups in total. The van der Waals surface area contributed by atoms with E-state index >= 15 is 0 Å². The van der Waals surface area contributed by atoms with Crippen LogP contribution in [-0.4, -0.2) is 20.3 Å². The lowest BCUT2D eigenvalue weighted by Gasteiger charge is -2.23. The first kappa shape index (κ1) is 12.8. The van der Waals surface area contributed by atoms with Crippen LogP contribution in [-0.2, 0) is 11.2 Å². The number of nitrogens with one attached hydrogen (secondary N) is 1. The van der Waals surface area contributed by atoms with Gasteiger partial charge in [-0.1, -0.05) is 0 Å². The van der Waals surface area contributed by atoms with Crippen molar-refractivity contribution in [1.29, 1.82) is 0 Å². The molecule has 0 saturated carbocycles. The molecule has 1 aromatic heterocycles. The molecule has 1 unspecified atom stereocenters. The number of thiophene rings is 1. The van der Waals surface area contributed by atoms with Gasteiger partial charge in [0.1, 0.15) is 0 Å². The SMILES string of the molecule is COCCCNC1CCCc2sc(I)cc21. The zero-order valence-corrected chi connectivity index (χ0v) is 12.6. The Bertz CT molecular complexity index is 340. The standard InChI is InChI=1S/C12H18INOS/c1-15-7-3-6-14-10-4-2-5-11-9(10)8-12(13)16-11/h8,10,14H,2-7H2,1H3. The highest BCUT2D eigenvalue weighted by atomic mass is 127. The van der Waals surface area contributed by atoms with E-state index in [1.165, 1.54) is 22.1 Å². The molecule has 0 saturated heterocycles. The number of ether oxygens (including phenoxy) is 1. The van der Waals surface area contributed by atoms with Crippen molar-refractivity contribution in [1.82, 2.24) is 5.32 Å². The van der Waals surface area contributed by atoms with Crippen LogP contribution in [0.5, 0.6) is 0 Å². The normalized spacial score (nSPS) is 19.8. The molecule has 1 atom stereocenters. The zero-order valence-electron chi connectivity index (χ0n) is 9.59. The Morgan fingerprint density at radius 1 is 1.62 bits per heavy atom. The topological polar surface area (TPSA) is 21.3 Å². The zero-order chi connectivity index (χ0) is 11.4. The summed E-state index contributed by atoms with van der Waals surface area (Å²) in [5.74, 6) is 0. The van der Waals surface area contributed by atoms with Crippen molar-refractivity contribution in [3.63, 3.8) is 0 Å². The second kappa shape index (κ2) is 6.33. The van der Waals surface area contributed by atoms with Crippen molar-refractivity contribution in [2.24, 2.45) is 0 Å². The molecule has 0 fully saturated rings. The van der Waals surface area contributed by atoms with Gasteiger partial charge in [0.25, 0.3) is 0 Å². The number of halogens is 1. The van der Waals surface area contributed by atoms with Crippen molar-refractivity contribution >= 4 is 33.9 Å². The fraction of sp³-hybridized carbons (Fsp3) is 0.667. The van der Waals surface area contributed by atoms with Gasteiger partial charge in [0.05, 0.1) is 2.88 Å². The van der Waals surface area contributed by atoms with Gasteiger partial charge in [-0.05, 0) is 66.4 Å². The Balaban J connectivity index is 1.91. The van der Waals surface area contributed by atoms with Gasteiger partial charge in [-0.3, -0.25) is 0 Å². The van der Waals surface area contributed by atoms with Crippen LogP contribution in [0.3, 0.4) is 0 Å². The molecule has 2 rings (SSSR count). The number of fused-ring (bicyclic) bond motifs is 1. The van der Waals surface area contributed by atoms with Crippen molar-refractivity contribution < 1.29 is 4.74 Å². The summed E-state index contributed by atoms with van der Waals surface area (Å²) >= 11 is 4.39. The van der Waals surface area contributed by atoms with E-state index in [0.29, 0.717) is 6.04 Å². The third-order valence-electron chi connectivity index (χ3n) is 3.00. The summed E-state index contributed by atoms with van der Waals surface area (Å²) in [6, 6.07) is 2.94. The summed E-state index contributed by atoms with van der Waals surface area (Å²) in [6.45, 7) is 1.91. The van der Waals surface area contributed by atoms with Gasteiger partial charge in [0.2, 0.25) is 0 Å². The van der Waals surface area contributed by atoms with Crippen molar-refractivity contribution in [3.8, 4) is 0 Å². The summed E-state index contributed by atoms with van der Waals surface area (Å²) in [4.78, 5) is 1.60. The Morgan fingerprint density at radius 2 is 2.50 bits per heavy atom. The smallest absolute Gasteiger partial charge is 0.0659 e. The van der Waals surface area contributed by atoms with E-state index < -0.39 is 0 Å². The Labute approximate surface area is 115 Å². The molecule has 0 radical (unpaired) electrons. The second-order valence-corrected chi connectivity index (χ2v) is 7.21. The first-order valence-electron chi connectivity index (χ1n) is 5.81. The Kier molecular flexibility index (Phi) is 5.06. The minimum absolute atomic E-state index is 0.584. The van der Waals surface area contributed by atoms with Gasteiger partial charge in [-0.25, -0.2) is 0 Å². The summed E-state index contributed by atoms with van der Waals surface area (Å²) in [5.41, 5.74) is 1.55. The molecule has 1 aliphatic carbocycles. The fourth-order valence-corrected chi connectivity index (χ4v) is 4.35. The Hall–Kier alpha value is 0.350. The van der Waals surface area contributed by atoms with Crippen LogP contribution in [0.15, 0.2) is 6.07 Å². The summed E-state index contributed by atoms with van der Waals surface area (Å²) in [7, 11) is 1.76. The molecule has 90 valence electrons. The number of hydrogen-bond donors (Lipinski definition) is 1.